The zero-order valence-electron chi connectivity index (χ0n) is 5.80. The maximum Gasteiger partial charge on any atom is 0.332 e. The standard InChI is InChI=1S/C4H9Cl2N2O2P/c5-11(6,9)7-8-1-3-10-4-2-8/h1-4H2,(H,7,9). The van der Waals surface area contributed by atoms with Crippen LogP contribution in [0.5, 0.6) is 0 Å². The van der Waals surface area contributed by atoms with E-state index in [1.807, 2.05) is 0 Å². The zero-order valence-corrected chi connectivity index (χ0v) is 8.20. The van der Waals surface area contributed by atoms with Gasteiger partial charge in [0.25, 0.3) is 0 Å². The number of morpholine rings is 1. The minimum atomic E-state index is -3.17. The molecule has 1 fully saturated rings. The van der Waals surface area contributed by atoms with Crippen molar-refractivity contribution in [1.82, 2.24) is 10.2 Å². The van der Waals surface area contributed by atoms with Crippen molar-refractivity contribution in [3.63, 3.8) is 0 Å². The van der Waals surface area contributed by atoms with E-state index in [4.69, 9.17) is 27.2 Å². The Kier molecular flexibility index (Phi) is 3.62. The molecule has 4 nitrogen and oxygen atoms in total. The van der Waals surface area contributed by atoms with Gasteiger partial charge in [0.15, 0.2) is 0 Å². The van der Waals surface area contributed by atoms with Crippen molar-refractivity contribution in [2.24, 2.45) is 0 Å². The van der Waals surface area contributed by atoms with Crippen LogP contribution in [0, 0.1) is 0 Å². The molecule has 0 amide bonds. The summed E-state index contributed by atoms with van der Waals surface area (Å²) in [5.74, 6) is -3.17. The van der Waals surface area contributed by atoms with Crippen LogP contribution in [-0.2, 0) is 9.30 Å². The van der Waals surface area contributed by atoms with E-state index in [9.17, 15) is 4.57 Å². The maximum atomic E-state index is 10.8. The van der Waals surface area contributed by atoms with Crippen LogP contribution in [0.25, 0.3) is 0 Å². The van der Waals surface area contributed by atoms with Gasteiger partial charge in [-0.1, -0.05) is 0 Å². The van der Waals surface area contributed by atoms with E-state index in [0.29, 0.717) is 26.3 Å². The molecule has 1 aliphatic heterocycles. The quantitative estimate of drug-likeness (QED) is 0.713. The molecule has 1 aliphatic rings. The summed E-state index contributed by atoms with van der Waals surface area (Å²) in [5, 5.41) is 4.20. The van der Waals surface area contributed by atoms with Gasteiger partial charge in [-0.3, -0.25) is 4.57 Å². The number of ether oxygens (including phenoxy) is 1. The molecule has 1 saturated heterocycles. The smallest absolute Gasteiger partial charge is 0.332 e. The molecular weight excluding hydrogens is 210 g/mol. The Hall–Kier alpha value is 0.690. The van der Waals surface area contributed by atoms with Crippen LogP contribution >= 0.6 is 28.5 Å². The monoisotopic (exact) mass is 218 g/mol. The summed E-state index contributed by atoms with van der Waals surface area (Å²) in [4.78, 5) is 0. The number of hydrazine groups is 1. The van der Waals surface area contributed by atoms with Gasteiger partial charge in [0.2, 0.25) is 0 Å². The minimum Gasteiger partial charge on any atom is -0.379 e. The first-order chi connectivity index (χ1) is 5.08. The van der Waals surface area contributed by atoms with Crippen molar-refractivity contribution in [3.8, 4) is 0 Å². The van der Waals surface area contributed by atoms with Crippen molar-refractivity contribution in [3.05, 3.63) is 0 Å². The van der Waals surface area contributed by atoms with Crippen LogP contribution in [0.1, 0.15) is 0 Å². The molecule has 1 heterocycles. The fourth-order valence-electron chi connectivity index (χ4n) is 0.828. The van der Waals surface area contributed by atoms with Crippen LogP contribution in [0.4, 0.5) is 0 Å². The molecule has 0 aliphatic carbocycles. The first-order valence-electron chi connectivity index (χ1n) is 3.18. The number of rotatable bonds is 2. The Labute approximate surface area is 74.8 Å². The molecule has 1 N–H and O–H groups in total. The molecule has 0 radical (unpaired) electrons. The molecule has 0 aromatic carbocycles. The normalized spacial score (nSPS) is 22.0. The molecule has 66 valence electrons. The molecule has 0 atom stereocenters. The molecule has 1 rings (SSSR count). The van der Waals surface area contributed by atoms with E-state index in [1.165, 1.54) is 0 Å². The Morgan fingerprint density at radius 2 is 1.91 bits per heavy atom. The lowest BCUT2D eigenvalue weighted by molar-refractivity contribution is 0.0275. The fourth-order valence-corrected chi connectivity index (χ4v) is 2.00. The third kappa shape index (κ3) is 4.31. The highest BCUT2D eigenvalue weighted by atomic mass is 35.9. The van der Waals surface area contributed by atoms with Gasteiger partial charge in [-0.05, 0) is 22.5 Å². The average molecular weight is 219 g/mol. The molecule has 0 aromatic heterocycles. The van der Waals surface area contributed by atoms with Crippen molar-refractivity contribution < 1.29 is 9.30 Å². The van der Waals surface area contributed by atoms with Gasteiger partial charge in [0.1, 0.15) is 0 Å². The predicted octanol–water partition coefficient (Wildman–Crippen LogP) is 1.41. The van der Waals surface area contributed by atoms with E-state index >= 15 is 0 Å². The molecule has 0 spiro atoms. The van der Waals surface area contributed by atoms with Gasteiger partial charge in [-0.2, -0.15) is 5.20 Å². The molecule has 7 heteroatoms. The Balaban J connectivity index is 2.30. The van der Waals surface area contributed by atoms with E-state index in [2.05, 4.69) is 5.20 Å². The summed E-state index contributed by atoms with van der Waals surface area (Å²) in [7, 11) is 0. The maximum absolute atomic E-state index is 10.8. The molecule has 11 heavy (non-hydrogen) atoms. The minimum absolute atomic E-state index is 0.612. The number of hydrogen-bond acceptors (Lipinski definition) is 3. The van der Waals surface area contributed by atoms with Crippen LogP contribution in [0.3, 0.4) is 0 Å². The van der Waals surface area contributed by atoms with Gasteiger partial charge in [-0.25, -0.2) is 5.01 Å². The molecule has 0 unspecified atom stereocenters. The Morgan fingerprint density at radius 1 is 1.36 bits per heavy atom. The van der Waals surface area contributed by atoms with Crippen LogP contribution in [0.15, 0.2) is 0 Å². The zero-order chi connectivity index (χ0) is 8.32. The van der Waals surface area contributed by atoms with Gasteiger partial charge >= 0.3 is 6.00 Å². The number of hydrogen-bond donors (Lipinski definition) is 1. The molecule has 0 aromatic rings. The highest BCUT2D eigenvalue weighted by molar-refractivity contribution is 8.07. The molecular formula is C4H9Cl2N2O2P. The Bertz CT molecular complexity index is 167. The van der Waals surface area contributed by atoms with Crippen molar-refractivity contribution in [1.29, 1.82) is 0 Å². The summed E-state index contributed by atoms with van der Waals surface area (Å²) in [6.07, 6.45) is 0. The average Bonchev–Trinajstić information content (AvgIpc) is 1.85. The van der Waals surface area contributed by atoms with Crippen LogP contribution < -0.4 is 5.20 Å². The van der Waals surface area contributed by atoms with Gasteiger partial charge in [0, 0.05) is 13.1 Å². The Morgan fingerprint density at radius 3 is 2.36 bits per heavy atom. The van der Waals surface area contributed by atoms with E-state index in [1.54, 1.807) is 5.01 Å². The first kappa shape index (κ1) is 9.78. The van der Waals surface area contributed by atoms with Crippen LogP contribution in [0.2, 0.25) is 0 Å². The second-order valence-corrected chi connectivity index (χ2v) is 6.66. The van der Waals surface area contributed by atoms with E-state index in [0.717, 1.165) is 0 Å². The highest BCUT2D eigenvalue weighted by Gasteiger charge is 2.19. The fraction of sp³-hybridized carbons (Fsp3) is 1.00. The van der Waals surface area contributed by atoms with Crippen molar-refractivity contribution in [2.75, 3.05) is 26.3 Å². The topological polar surface area (TPSA) is 41.6 Å². The second kappa shape index (κ2) is 4.08. The number of nitrogens with zero attached hydrogens (tertiary/aromatic N) is 1. The number of nitrogens with one attached hydrogen (secondary N) is 1. The lowest BCUT2D eigenvalue weighted by atomic mass is 10.5. The predicted molar refractivity (Wildman–Crippen MR) is 44.8 cm³/mol. The van der Waals surface area contributed by atoms with E-state index in [-0.39, 0.29) is 0 Å². The number of halogens is 2. The van der Waals surface area contributed by atoms with Crippen molar-refractivity contribution in [2.45, 2.75) is 0 Å². The summed E-state index contributed by atoms with van der Waals surface area (Å²) >= 11 is 10.6. The van der Waals surface area contributed by atoms with Crippen LogP contribution in [-0.4, -0.2) is 31.3 Å². The van der Waals surface area contributed by atoms with E-state index < -0.39 is 6.00 Å². The largest absolute Gasteiger partial charge is 0.379 e. The third-order valence-electron chi connectivity index (χ3n) is 1.27. The summed E-state index contributed by atoms with van der Waals surface area (Å²) in [5.41, 5.74) is 0. The van der Waals surface area contributed by atoms with Gasteiger partial charge in [0.05, 0.1) is 13.2 Å². The van der Waals surface area contributed by atoms with Gasteiger partial charge < -0.3 is 4.74 Å². The third-order valence-corrected chi connectivity index (χ3v) is 2.24. The summed E-state index contributed by atoms with van der Waals surface area (Å²) < 4.78 is 15.9. The van der Waals surface area contributed by atoms with Crippen molar-refractivity contribution >= 4 is 28.5 Å². The van der Waals surface area contributed by atoms with Gasteiger partial charge in [-0.15, -0.1) is 0 Å². The molecule has 0 saturated carbocycles. The second-order valence-electron chi connectivity index (χ2n) is 2.16. The lowest BCUT2D eigenvalue weighted by Crippen LogP contribution is -2.42. The highest BCUT2D eigenvalue weighted by Crippen LogP contribution is 2.52. The first-order valence-corrected chi connectivity index (χ1v) is 6.69. The molecule has 0 bridgehead atoms. The summed E-state index contributed by atoms with van der Waals surface area (Å²) in [6, 6.07) is 0. The SMILES string of the molecule is O=P(Cl)(Cl)NN1CCOCC1. The summed E-state index contributed by atoms with van der Waals surface area (Å²) in [6.45, 7) is 2.54. The lowest BCUT2D eigenvalue weighted by Gasteiger charge is -2.26.